The highest BCUT2D eigenvalue weighted by atomic mass is 16.5. The van der Waals surface area contributed by atoms with Gasteiger partial charge in [0.15, 0.2) is 11.5 Å². The van der Waals surface area contributed by atoms with Gasteiger partial charge in [-0.05, 0) is 33.6 Å². The molecule has 0 saturated heterocycles. The molecule has 0 aromatic heterocycles. The summed E-state index contributed by atoms with van der Waals surface area (Å²) in [5.74, 6) is 0.883. The SMILES string of the molecule is CC(C)(C)c1cc(-c2ccc(-c3ccccc3)cc2)c(OC#N)c(C(C)(C)C)c1OC#N. The summed E-state index contributed by atoms with van der Waals surface area (Å²) in [5.41, 5.74) is 4.83. The Morgan fingerprint density at radius 2 is 1.12 bits per heavy atom. The molecule has 0 saturated carbocycles. The second-order valence-electron chi connectivity index (χ2n) is 9.84. The van der Waals surface area contributed by atoms with Gasteiger partial charge in [0.2, 0.25) is 0 Å². The smallest absolute Gasteiger partial charge is 0.292 e. The minimum absolute atomic E-state index is 0.296. The molecule has 0 aliphatic carbocycles. The first-order chi connectivity index (χ1) is 15.1. The maximum Gasteiger partial charge on any atom is 0.292 e. The quantitative estimate of drug-likeness (QED) is 0.411. The molecule has 0 bridgehead atoms. The van der Waals surface area contributed by atoms with E-state index in [2.05, 4.69) is 45.0 Å². The van der Waals surface area contributed by atoms with Gasteiger partial charge in [-0.1, -0.05) is 96.1 Å². The maximum absolute atomic E-state index is 9.45. The number of benzene rings is 3. The van der Waals surface area contributed by atoms with Gasteiger partial charge in [-0.25, -0.2) is 0 Å². The van der Waals surface area contributed by atoms with Gasteiger partial charge < -0.3 is 9.47 Å². The molecule has 0 atom stereocenters. The molecule has 4 nitrogen and oxygen atoms in total. The van der Waals surface area contributed by atoms with E-state index in [4.69, 9.17) is 9.47 Å². The van der Waals surface area contributed by atoms with Gasteiger partial charge in [-0.3, -0.25) is 0 Å². The summed E-state index contributed by atoms with van der Waals surface area (Å²) < 4.78 is 11.0. The fraction of sp³-hybridized carbons (Fsp3) is 0.286. The van der Waals surface area contributed by atoms with Crippen LogP contribution in [0.3, 0.4) is 0 Å². The Labute approximate surface area is 190 Å². The van der Waals surface area contributed by atoms with Gasteiger partial charge in [0.1, 0.15) is 0 Å². The molecule has 3 rings (SSSR count). The van der Waals surface area contributed by atoms with Crippen LogP contribution in [-0.2, 0) is 10.8 Å². The van der Waals surface area contributed by atoms with Crippen molar-refractivity contribution in [2.75, 3.05) is 0 Å². The number of ether oxygens (including phenoxy) is 2. The van der Waals surface area contributed by atoms with E-state index in [1.165, 1.54) is 0 Å². The van der Waals surface area contributed by atoms with Gasteiger partial charge in [0.05, 0.1) is 0 Å². The Morgan fingerprint density at radius 1 is 0.625 bits per heavy atom. The van der Waals surface area contributed by atoms with E-state index in [1.807, 2.05) is 69.7 Å². The molecular formula is C28H28N2O2. The van der Waals surface area contributed by atoms with Crippen LogP contribution in [0.4, 0.5) is 0 Å². The number of hydrogen-bond acceptors (Lipinski definition) is 4. The van der Waals surface area contributed by atoms with Crippen molar-refractivity contribution in [3.05, 3.63) is 71.8 Å². The summed E-state index contributed by atoms with van der Waals surface area (Å²) in [6.07, 6.45) is 3.66. The van der Waals surface area contributed by atoms with Crippen molar-refractivity contribution < 1.29 is 9.47 Å². The average molecular weight is 425 g/mol. The molecule has 0 amide bonds. The highest BCUT2D eigenvalue weighted by molar-refractivity contribution is 5.79. The van der Waals surface area contributed by atoms with Crippen LogP contribution < -0.4 is 9.47 Å². The highest BCUT2D eigenvalue weighted by Gasteiger charge is 2.33. The fourth-order valence-corrected chi connectivity index (χ4v) is 3.88. The third-order valence-corrected chi connectivity index (χ3v) is 5.39. The van der Waals surface area contributed by atoms with Gasteiger partial charge in [-0.15, -0.1) is 10.5 Å². The fourth-order valence-electron chi connectivity index (χ4n) is 3.88. The van der Waals surface area contributed by atoms with Gasteiger partial charge in [0, 0.05) is 16.7 Å². The van der Waals surface area contributed by atoms with Crippen LogP contribution in [-0.4, -0.2) is 0 Å². The van der Waals surface area contributed by atoms with Crippen LogP contribution in [0.1, 0.15) is 52.7 Å². The zero-order chi connectivity index (χ0) is 23.5. The van der Waals surface area contributed by atoms with Crippen LogP contribution >= 0.6 is 0 Å². The van der Waals surface area contributed by atoms with E-state index >= 15 is 0 Å². The van der Waals surface area contributed by atoms with Gasteiger partial charge in [0.25, 0.3) is 12.5 Å². The second-order valence-corrected chi connectivity index (χ2v) is 9.84. The third-order valence-electron chi connectivity index (χ3n) is 5.39. The van der Waals surface area contributed by atoms with Crippen molar-refractivity contribution in [2.45, 2.75) is 52.4 Å². The maximum atomic E-state index is 9.45. The van der Waals surface area contributed by atoms with E-state index in [1.54, 1.807) is 0 Å². The third kappa shape index (κ3) is 4.61. The minimum atomic E-state index is -0.432. The summed E-state index contributed by atoms with van der Waals surface area (Å²) in [7, 11) is 0. The summed E-state index contributed by atoms with van der Waals surface area (Å²) in [6.45, 7) is 12.3. The van der Waals surface area contributed by atoms with E-state index in [0.717, 1.165) is 27.8 Å². The number of hydrogen-bond donors (Lipinski definition) is 0. The highest BCUT2D eigenvalue weighted by Crippen LogP contribution is 2.49. The van der Waals surface area contributed by atoms with E-state index in [0.29, 0.717) is 17.1 Å². The standard InChI is InChI=1S/C28H28N2O2/c1-27(2,3)23-16-22(21-14-12-20(13-15-21)19-10-8-7-9-11-19)25(31-17-29)24(28(4,5)6)26(23)32-18-30/h7-16H,1-6H3. The lowest BCUT2D eigenvalue weighted by Crippen LogP contribution is -2.20. The normalized spacial score (nSPS) is 11.4. The summed E-state index contributed by atoms with van der Waals surface area (Å²) in [4.78, 5) is 0. The van der Waals surface area contributed by atoms with Crippen molar-refractivity contribution in [1.82, 2.24) is 0 Å². The second kappa shape index (κ2) is 8.77. The summed E-state index contributed by atoms with van der Waals surface area (Å²) in [5, 5.41) is 18.8. The average Bonchev–Trinajstić information content (AvgIpc) is 2.73. The van der Waals surface area contributed by atoms with Crippen molar-refractivity contribution in [3.63, 3.8) is 0 Å². The number of nitriles is 2. The molecule has 0 aliphatic rings. The largest absolute Gasteiger partial charge is 0.387 e. The van der Waals surface area contributed by atoms with Crippen molar-refractivity contribution in [3.8, 4) is 46.3 Å². The Kier molecular flexibility index (Phi) is 6.28. The molecule has 32 heavy (non-hydrogen) atoms. The van der Waals surface area contributed by atoms with Gasteiger partial charge in [-0.2, -0.15) is 0 Å². The molecule has 0 fully saturated rings. The molecular weight excluding hydrogens is 396 g/mol. The molecule has 0 heterocycles. The van der Waals surface area contributed by atoms with Crippen molar-refractivity contribution in [1.29, 1.82) is 10.5 Å². The van der Waals surface area contributed by atoms with Crippen LogP contribution in [0.15, 0.2) is 60.7 Å². The molecule has 0 spiro atoms. The molecule has 0 radical (unpaired) electrons. The lowest BCUT2D eigenvalue weighted by atomic mass is 9.77. The molecule has 0 N–H and O–H groups in total. The summed E-state index contributed by atoms with van der Waals surface area (Å²) in [6, 6.07) is 20.3. The Balaban J connectivity index is 2.32. The molecule has 0 unspecified atom stereocenters. The monoisotopic (exact) mass is 424 g/mol. The first kappa shape index (κ1) is 22.9. The lowest BCUT2D eigenvalue weighted by Gasteiger charge is -2.30. The Bertz CT molecular complexity index is 1180. The van der Waals surface area contributed by atoms with E-state index in [9.17, 15) is 10.5 Å². The molecule has 4 heteroatoms. The Hall–Kier alpha value is -3.76. The number of rotatable bonds is 4. The van der Waals surface area contributed by atoms with Crippen LogP contribution in [0.2, 0.25) is 0 Å². The first-order valence-electron chi connectivity index (χ1n) is 10.6. The topological polar surface area (TPSA) is 66.0 Å². The molecule has 0 aliphatic heterocycles. The van der Waals surface area contributed by atoms with Crippen molar-refractivity contribution >= 4 is 0 Å². The zero-order valence-corrected chi connectivity index (χ0v) is 19.5. The zero-order valence-electron chi connectivity index (χ0n) is 19.5. The molecule has 3 aromatic carbocycles. The molecule has 162 valence electrons. The predicted molar refractivity (Wildman–Crippen MR) is 127 cm³/mol. The predicted octanol–water partition coefficient (Wildman–Crippen LogP) is 7.34. The van der Waals surface area contributed by atoms with Crippen molar-refractivity contribution in [2.24, 2.45) is 0 Å². The van der Waals surface area contributed by atoms with Crippen LogP contribution in [0.5, 0.6) is 11.5 Å². The number of nitrogens with zero attached hydrogens (tertiary/aromatic N) is 2. The Morgan fingerprint density at radius 3 is 1.62 bits per heavy atom. The summed E-state index contributed by atoms with van der Waals surface area (Å²) >= 11 is 0. The van der Waals surface area contributed by atoms with E-state index < -0.39 is 5.41 Å². The minimum Gasteiger partial charge on any atom is -0.387 e. The first-order valence-corrected chi connectivity index (χ1v) is 10.6. The van der Waals surface area contributed by atoms with Crippen LogP contribution in [0, 0.1) is 23.0 Å². The van der Waals surface area contributed by atoms with Gasteiger partial charge >= 0.3 is 0 Å². The van der Waals surface area contributed by atoms with Crippen LogP contribution in [0.25, 0.3) is 22.3 Å². The lowest BCUT2D eigenvalue weighted by molar-refractivity contribution is 0.425. The molecule has 3 aromatic rings. The van der Waals surface area contributed by atoms with E-state index in [-0.39, 0.29) is 5.41 Å².